The highest BCUT2D eigenvalue weighted by Crippen LogP contribution is 2.30. The molecule has 0 fully saturated rings. The summed E-state index contributed by atoms with van der Waals surface area (Å²) in [7, 11) is 1.65. The third-order valence-corrected chi connectivity index (χ3v) is 5.92. The van der Waals surface area contributed by atoms with E-state index in [1.54, 1.807) is 13.3 Å². The minimum absolute atomic E-state index is 0.0694. The number of hydrogen-bond donors (Lipinski definition) is 3. The smallest absolute Gasteiger partial charge is 0.269 e. The molecule has 0 atom stereocenters. The second-order valence-corrected chi connectivity index (χ2v) is 9.13. The molecule has 7 nitrogen and oxygen atoms in total. The van der Waals surface area contributed by atoms with Gasteiger partial charge in [-0.05, 0) is 35.2 Å². The van der Waals surface area contributed by atoms with Crippen LogP contribution in [0.2, 0.25) is 0 Å². The number of ether oxygens (including phenoxy) is 1. The first-order valence-electron chi connectivity index (χ1n) is 9.96. The van der Waals surface area contributed by atoms with Crippen LogP contribution in [0.4, 0.5) is 11.5 Å². The number of benzene rings is 1. The lowest BCUT2D eigenvalue weighted by atomic mass is 9.92. The zero-order valence-electron chi connectivity index (χ0n) is 17.9. The quantitative estimate of drug-likeness (QED) is 0.388. The van der Waals surface area contributed by atoms with E-state index in [0.717, 1.165) is 33.6 Å². The lowest BCUT2D eigenvalue weighted by Gasteiger charge is -2.14. The summed E-state index contributed by atoms with van der Waals surface area (Å²) in [5, 5.41) is 16.3. The highest BCUT2D eigenvalue weighted by molar-refractivity contribution is 7.12. The Balaban J connectivity index is 1.51. The van der Waals surface area contributed by atoms with Crippen molar-refractivity contribution in [2.45, 2.75) is 32.7 Å². The molecule has 0 bridgehead atoms. The first kappa shape index (κ1) is 20.9. The Morgan fingerprint density at radius 2 is 2.06 bits per heavy atom. The van der Waals surface area contributed by atoms with Gasteiger partial charge in [-0.3, -0.25) is 14.9 Å². The molecule has 0 spiro atoms. The van der Waals surface area contributed by atoms with Gasteiger partial charge in [-0.1, -0.05) is 26.8 Å². The van der Waals surface area contributed by atoms with Crippen LogP contribution in [0.15, 0.2) is 48.0 Å². The zero-order chi connectivity index (χ0) is 22.0. The Kier molecular flexibility index (Phi) is 5.65. The van der Waals surface area contributed by atoms with Gasteiger partial charge in [0.15, 0.2) is 5.82 Å². The van der Waals surface area contributed by atoms with Crippen molar-refractivity contribution in [3.05, 3.63) is 64.1 Å². The van der Waals surface area contributed by atoms with Crippen molar-refractivity contribution in [2.24, 2.45) is 0 Å². The van der Waals surface area contributed by atoms with E-state index in [1.165, 1.54) is 11.3 Å². The number of aromatic amines is 1. The number of rotatable bonds is 6. The van der Waals surface area contributed by atoms with Crippen molar-refractivity contribution >= 4 is 39.7 Å². The number of methoxy groups -OCH3 is 1. The molecule has 0 unspecified atom stereocenters. The van der Waals surface area contributed by atoms with Gasteiger partial charge in [0.05, 0.1) is 18.3 Å². The fourth-order valence-electron chi connectivity index (χ4n) is 3.32. The number of amides is 1. The highest BCUT2D eigenvalue weighted by atomic mass is 32.1. The molecule has 31 heavy (non-hydrogen) atoms. The number of thiophene rings is 1. The molecule has 160 valence electrons. The van der Waals surface area contributed by atoms with Crippen molar-refractivity contribution < 1.29 is 9.53 Å². The Hall–Kier alpha value is -3.39. The van der Waals surface area contributed by atoms with Gasteiger partial charge in [0.1, 0.15) is 10.6 Å². The van der Waals surface area contributed by atoms with Gasteiger partial charge in [-0.25, -0.2) is 0 Å². The van der Waals surface area contributed by atoms with Crippen LogP contribution >= 0.6 is 11.3 Å². The van der Waals surface area contributed by atoms with E-state index in [-0.39, 0.29) is 11.3 Å². The number of fused-ring (bicyclic) bond motifs is 1. The van der Waals surface area contributed by atoms with Crippen LogP contribution in [0.5, 0.6) is 5.75 Å². The molecular formula is C23H25N5O2S. The average molecular weight is 436 g/mol. The fourth-order valence-corrected chi connectivity index (χ4v) is 4.08. The summed E-state index contributed by atoms with van der Waals surface area (Å²) in [5.74, 6) is 1.10. The second-order valence-electron chi connectivity index (χ2n) is 8.21. The molecule has 4 aromatic rings. The monoisotopic (exact) mass is 435 g/mol. The third-order valence-electron chi connectivity index (χ3n) is 5.00. The second kappa shape index (κ2) is 8.39. The molecule has 8 heteroatoms. The lowest BCUT2D eigenvalue weighted by molar-refractivity contribution is 0.103. The number of anilines is 2. The Bertz CT molecular complexity index is 1220. The van der Waals surface area contributed by atoms with Gasteiger partial charge in [0.25, 0.3) is 5.91 Å². The van der Waals surface area contributed by atoms with Crippen molar-refractivity contribution in [1.82, 2.24) is 15.2 Å². The Morgan fingerprint density at radius 3 is 2.81 bits per heavy atom. The maximum Gasteiger partial charge on any atom is 0.269 e. The van der Waals surface area contributed by atoms with E-state index in [2.05, 4.69) is 46.6 Å². The number of carbonyl (C=O) groups excluding carboxylic acids is 1. The van der Waals surface area contributed by atoms with Crippen molar-refractivity contribution in [3.8, 4) is 5.75 Å². The summed E-state index contributed by atoms with van der Waals surface area (Å²) in [6, 6.07) is 11.5. The summed E-state index contributed by atoms with van der Waals surface area (Å²) in [4.78, 5) is 17.9. The zero-order valence-corrected chi connectivity index (χ0v) is 18.8. The van der Waals surface area contributed by atoms with E-state index in [9.17, 15) is 4.79 Å². The van der Waals surface area contributed by atoms with Crippen LogP contribution < -0.4 is 15.4 Å². The number of pyridine rings is 1. The van der Waals surface area contributed by atoms with Crippen LogP contribution in [-0.2, 0) is 12.0 Å². The molecule has 1 amide bonds. The molecule has 1 aromatic carbocycles. The highest BCUT2D eigenvalue weighted by Gasteiger charge is 2.19. The minimum atomic E-state index is -0.193. The Morgan fingerprint density at radius 1 is 1.23 bits per heavy atom. The molecule has 0 saturated carbocycles. The predicted molar refractivity (Wildman–Crippen MR) is 125 cm³/mol. The van der Waals surface area contributed by atoms with Crippen molar-refractivity contribution in [3.63, 3.8) is 0 Å². The largest absolute Gasteiger partial charge is 0.496 e. The number of nitrogens with one attached hydrogen (secondary N) is 3. The normalized spacial score (nSPS) is 11.5. The number of H-pyrrole nitrogens is 1. The predicted octanol–water partition coefficient (Wildman–Crippen LogP) is 5.19. The molecular weight excluding hydrogens is 410 g/mol. The van der Waals surface area contributed by atoms with E-state index < -0.39 is 0 Å². The molecule has 0 saturated heterocycles. The summed E-state index contributed by atoms with van der Waals surface area (Å²) >= 11 is 1.39. The molecule has 4 rings (SSSR count). The third kappa shape index (κ3) is 4.39. The van der Waals surface area contributed by atoms with Crippen molar-refractivity contribution in [1.29, 1.82) is 0 Å². The van der Waals surface area contributed by atoms with Gasteiger partial charge in [0, 0.05) is 35.3 Å². The topological polar surface area (TPSA) is 91.9 Å². The molecule has 0 aliphatic carbocycles. The van der Waals surface area contributed by atoms with E-state index >= 15 is 0 Å². The maximum absolute atomic E-state index is 12.9. The summed E-state index contributed by atoms with van der Waals surface area (Å²) in [6.45, 7) is 6.80. The SMILES string of the molecule is COc1cccc2nccc(CNc3ccsc3C(=O)Nc3cc(C(C)(C)C)[nH]n3)c12. The van der Waals surface area contributed by atoms with Crippen LogP contribution in [0.3, 0.4) is 0 Å². The van der Waals surface area contributed by atoms with Gasteiger partial charge < -0.3 is 15.4 Å². The van der Waals surface area contributed by atoms with E-state index in [1.807, 2.05) is 41.8 Å². The standard InChI is InChI=1S/C23H25N5O2S/c1-23(2,3)18-12-19(28-27-18)26-22(29)21-16(9-11-31-21)25-13-14-8-10-24-15-6-5-7-17(30-4)20(14)15/h5-12,25H,13H2,1-4H3,(H2,26,27,28,29). The first-order valence-corrected chi connectivity index (χ1v) is 10.8. The number of carbonyl (C=O) groups is 1. The Labute approximate surface area is 184 Å². The molecule has 0 aliphatic rings. The van der Waals surface area contributed by atoms with Crippen LogP contribution in [-0.4, -0.2) is 28.2 Å². The van der Waals surface area contributed by atoms with Gasteiger partial charge in [-0.2, -0.15) is 5.10 Å². The molecule has 0 aliphatic heterocycles. The number of nitrogens with zero attached hydrogens (tertiary/aromatic N) is 2. The van der Waals surface area contributed by atoms with Crippen LogP contribution in [0.1, 0.15) is 41.7 Å². The van der Waals surface area contributed by atoms with E-state index in [0.29, 0.717) is 17.2 Å². The minimum Gasteiger partial charge on any atom is -0.496 e. The summed E-state index contributed by atoms with van der Waals surface area (Å²) < 4.78 is 5.52. The van der Waals surface area contributed by atoms with Crippen LogP contribution in [0.25, 0.3) is 10.9 Å². The number of hydrogen-bond acceptors (Lipinski definition) is 6. The summed E-state index contributed by atoms with van der Waals surface area (Å²) in [6.07, 6.45) is 1.78. The lowest BCUT2D eigenvalue weighted by Crippen LogP contribution is -2.13. The molecule has 0 radical (unpaired) electrons. The van der Waals surface area contributed by atoms with Gasteiger partial charge in [-0.15, -0.1) is 11.3 Å². The number of aromatic nitrogens is 3. The molecule has 3 heterocycles. The van der Waals surface area contributed by atoms with Crippen molar-refractivity contribution in [2.75, 3.05) is 17.7 Å². The fraction of sp³-hybridized carbons (Fsp3) is 0.261. The maximum atomic E-state index is 12.9. The van der Waals surface area contributed by atoms with Gasteiger partial charge >= 0.3 is 0 Å². The van der Waals surface area contributed by atoms with Gasteiger partial charge in [0.2, 0.25) is 0 Å². The first-order chi connectivity index (χ1) is 14.9. The van der Waals surface area contributed by atoms with E-state index in [4.69, 9.17) is 4.74 Å². The summed E-state index contributed by atoms with van der Waals surface area (Å²) in [5.41, 5.74) is 3.58. The molecule has 3 N–H and O–H groups in total. The van der Waals surface area contributed by atoms with Crippen LogP contribution in [0, 0.1) is 0 Å². The molecule has 3 aromatic heterocycles. The average Bonchev–Trinajstić information content (AvgIpc) is 3.41.